The number of nitrogens with zero attached hydrogens (tertiary/aromatic N) is 3. The lowest BCUT2D eigenvalue weighted by Gasteiger charge is -2.49. The largest absolute Gasteiger partial charge is 0.370 e. The molecule has 1 saturated heterocycles. The van der Waals surface area contributed by atoms with Crippen molar-refractivity contribution < 1.29 is 0 Å². The van der Waals surface area contributed by atoms with Crippen LogP contribution in [0.1, 0.15) is 31.7 Å². The van der Waals surface area contributed by atoms with Gasteiger partial charge in [-0.3, -0.25) is 0 Å². The van der Waals surface area contributed by atoms with Crippen LogP contribution in [0.2, 0.25) is 0 Å². The maximum absolute atomic E-state index is 4.53. The molecule has 0 spiro atoms. The minimum absolute atomic E-state index is 0.145. The summed E-state index contributed by atoms with van der Waals surface area (Å²) in [6.07, 6.45) is 3.81. The topological polar surface area (TPSA) is 28.0 Å². The molecule has 1 aromatic rings. The van der Waals surface area contributed by atoms with E-state index in [-0.39, 0.29) is 5.41 Å². The number of hydrogen-bond donors (Lipinski definition) is 0. The summed E-state index contributed by atoms with van der Waals surface area (Å²) in [6.45, 7) is 6.47. The zero-order valence-electron chi connectivity index (χ0n) is 12.3. The highest BCUT2D eigenvalue weighted by Crippen LogP contribution is 2.46. The lowest BCUT2D eigenvalue weighted by molar-refractivity contribution is 0.353. The molecule has 0 aromatic heterocycles. The van der Waals surface area contributed by atoms with Crippen molar-refractivity contribution in [3.63, 3.8) is 0 Å². The molecule has 4 rings (SSSR count). The third kappa shape index (κ3) is 1.58. The number of rotatable bonds is 1. The van der Waals surface area contributed by atoms with E-state index >= 15 is 0 Å². The fourth-order valence-electron chi connectivity index (χ4n) is 4.13. The highest BCUT2D eigenvalue weighted by atomic mass is 15.3. The van der Waals surface area contributed by atoms with E-state index in [1.54, 1.807) is 0 Å². The second-order valence-electron chi connectivity index (χ2n) is 6.56. The van der Waals surface area contributed by atoms with Crippen LogP contribution in [-0.4, -0.2) is 24.5 Å². The Labute approximate surface area is 120 Å². The Kier molecular flexibility index (Phi) is 2.53. The maximum atomic E-state index is 4.53. The number of hydrogen-bond acceptors (Lipinski definition) is 3. The first-order valence-electron chi connectivity index (χ1n) is 7.64. The Morgan fingerprint density at radius 2 is 1.95 bits per heavy atom. The fourth-order valence-corrected chi connectivity index (χ4v) is 4.13. The average molecular weight is 267 g/mol. The lowest BCUT2D eigenvalue weighted by atomic mass is 9.63. The number of benzene rings is 1. The Morgan fingerprint density at radius 3 is 2.75 bits per heavy atom. The average Bonchev–Trinajstić information content (AvgIpc) is 2.78. The molecule has 2 heterocycles. The lowest BCUT2D eigenvalue weighted by Crippen LogP contribution is -2.58. The molecule has 2 atom stereocenters. The Bertz CT molecular complexity index is 599. The van der Waals surface area contributed by atoms with Gasteiger partial charge in [-0.1, -0.05) is 24.1 Å². The summed E-state index contributed by atoms with van der Waals surface area (Å²) >= 11 is 0. The zero-order chi connectivity index (χ0) is 13.7. The van der Waals surface area contributed by atoms with Crippen molar-refractivity contribution in [3.8, 4) is 0 Å². The van der Waals surface area contributed by atoms with Crippen molar-refractivity contribution >= 4 is 17.1 Å². The third-order valence-corrected chi connectivity index (χ3v) is 5.33. The van der Waals surface area contributed by atoms with Crippen molar-refractivity contribution in [2.75, 3.05) is 18.0 Å². The standard InChI is InChI=1S/C17H21N3/c1-12-5-7-15(8-6-12)20-10-14-4-3-9-17(11-20)13(2)18-19-16(14)17/h5-8,14H,3-4,9-11H2,1-2H3. The van der Waals surface area contributed by atoms with Crippen LogP contribution in [0.25, 0.3) is 0 Å². The zero-order valence-corrected chi connectivity index (χ0v) is 12.3. The summed E-state index contributed by atoms with van der Waals surface area (Å²) in [5.74, 6) is 0.597. The SMILES string of the molecule is CC1=NN=C2C3CCCC12CN(c1ccc(C)cc1)C3. The van der Waals surface area contributed by atoms with E-state index in [9.17, 15) is 0 Å². The van der Waals surface area contributed by atoms with Crippen molar-refractivity contribution in [1.82, 2.24) is 0 Å². The molecular formula is C17H21N3. The second-order valence-corrected chi connectivity index (χ2v) is 6.56. The molecule has 1 aromatic carbocycles. The van der Waals surface area contributed by atoms with Crippen molar-refractivity contribution in [2.45, 2.75) is 33.1 Å². The maximum Gasteiger partial charge on any atom is 0.0681 e. The molecule has 1 aliphatic carbocycles. The van der Waals surface area contributed by atoms with Gasteiger partial charge in [0, 0.05) is 24.7 Å². The van der Waals surface area contributed by atoms with Gasteiger partial charge >= 0.3 is 0 Å². The van der Waals surface area contributed by atoms with Crippen LogP contribution in [-0.2, 0) is 0 Å². The van der Waals surface area contributed by atoms with Crippen LogP contribution >= 0.6 is 0 Å². The summed E-state index contributed by atoms with van der Waals surface area (Å²) in [5.41, 5.74) is 5.43. The molecule has 3 aliphatic rings. The van der Waals surface area contributed by atoms with E-state index in [4.69, 9.17) is 0 Å². The molecule has 20 heavy (non-hydrogen) atoms. The summed E-state index contributed by atoms with van der Waals surface area (Å²) in [4.78, 5) is 2.55. The third-order valence-electron chi connectivity index (χ3n) is 5.33. The van der Waals surface area contributed by atoms with E-state index in [1.165, 1.54) is 41.9 Å². The molecule has 0 radical (unpaired) electrons. The first-order chi connectivity index (χ1) is 9.69. The quantitative estimate of drug-likeness (QED) is 0.766. The van der Waals surface area contributed by atoms with Gasteiger partial charge in [0.15, 0.2) is 0 Å². The second kappa shape index (κ2) is 4.18. The van der Waals surface area contributed by atoms with E-state index in [0.29, 0.717) is 5.92 Å². The Hall–Kier alpha value is -1.64. The highest BCUT2D eigenvalue weighted by molar-refractivity contribution is 6.16. The highest BCUT2D eigenvalue weighted by Gasteiger charge is 2.52. The minimum atomic E-state index is 0.145. The molecule has 1 saturated carbocycles. The molecule has 2 aliphatic heterocycles. The number of anilines is 1. The molecule has 0 N–H and O–H groups in total. The molecule has 2 bridgehead atoms. The van der Waals surface area contributed by atoms with Crippen molar-refractivity contribution in [2.24, 2.45) is 21.5 Å². The van der Waals surface area contributed by atoms with E-state index in [2.05, 4.69) is 53.2 Å². The molecular weight excluding hydrogens is 246 g/mol. The van der Waals surface area contributed by atoms with Crippen molar-refractivity contribution in [1.29, 1.82) is 0 Å². The summed E-state index contributed by atoms with van der Waals surface area (Å²) < 4.78 is 0. The minimum Gasteiger partial charge on any atom is -0.370 e. The molecule has 2 unspecified atom stereocenters. The summed E-state index contributed by atoms with van der Waals surface area (Å²) in [5, 5.41) is 8.97. The predicted molar refractivity (Wildman–Crippen MR) is 83.7 cm³/mol. The van der Waals surface area contributed by atoms with Crippen LogP contribution in [0.15, 0.2) is 34.5 Å². The molecule has 2 fully saturated rings. The van der Waals surface area contributed by atoms with Crippen LogP contribution in [0.4, 0.5) is 5.69 Å². The molecule has 0 amide bonds. The first-order valence-corrected chi connectivity index (χ1v) is 7.64. The van der Waals surface area contributed by atoms with Crippen LogP contribution in [0.3, 0.4) is 0 Å². The van der Waals surface area contributed by atoms with Gasteiger partial charge in [-0.25, -0.2) is 0 Å². The molecule has 3 nitrogen and oxygen atoms in total. The van der Waals surface area contributed by atoms with Gasteiger partial charge < -0.3 is 4.90 Å². The number of piperidine rings is 1. The fraction of sp³-hybridized carbons (Fsp3) is 0.529. The van der Waals surface area contributed by atoms with Gasteiger partial charge in [-0.05, 0) is 38.8 Å². The Morgan fingerprint density at radius 1 is 1.15 bits per heavy atom. The normalized spacial score (nSPS) is 31.7. The van der Waals surface area contributed by atoms with Gasteiger partial charge in [-0.15, -0.1) is 0 Å². The van der Waals surface area contributed by atoms with Gasteiger partial charge in [0.25, 0.3) is 0 Å². The molecule has 3 heteroatoms. The Balaban J connectivity index is 1.71. The summed E-state index contributed by atoms with van der Waals surface area (Å²) in [7, 11) is 0. The van der Waals surface area contributed by atoms with E-state index < -0.39 is 0 Å². The van der Waals surface area contributed by atoms with E-state index in [0.717, 1.165) is 13.1 Å². The monoisotopic (exact) mass is 267 g/mol. The van der Waals surface area contributed by atoms with E-state index in [1.807, 2.05) is 0 Å². The summed E-state index contributed by atoms with van der Waals surface area (Å²) in [6, 6.07) is 8.93. The van der Waals surface area contributed by atoms with Crippen molar-refractivity contribution in [3.05, 3.63) is 29.8 Å². The van der Waals surface area contributed by atoms with Gasteiger partial charge in [-0.2, -0.15) is 10.2 Å². The predicted octanol–water partition coefficient (Wildman–Crippen LogP) is 3.43. The van der Waals surface area contributed by atoms with Gasteiger partial charge in [0.05, 0.1) is 16.8 Å². The smallest absolute Gasteiger partial charge is 0.0681 e. The van der Waals surface area contributed by atoms with Crippen LogP contribution < -0.4 is 4.90 Å². The van der Waals surface area contributed by atoms with Crippen LogP contribution in [0.5, 0.6) is 0 Å². The first kappa shape index (κ1) is 12.1. The van der Waals surface area contributed by atoms with Gasteiger partial charge in [0.2, 0.25) is 0 Å². The molecule has 104 valence electrons. The number of aryl methyl sites for hydroxylation is 1. The van der Waals surface area contributed by atoms with Crippen LogP contribution in [0, 0.1) is 18.3 Å². The van der Waals surface area contributed by atoms with Gasteiger partial charge in [0.1, 0.15) is 0 Å².